The van der Waals surface area contributed by atoms with Gasteiger partial charge in [0, 0.05) is 24.7 Å². The SMILES string of the molecule is CNCC1CCCCN1C(=O)c1ccc(Cl)c(F)c1. The Hall–Kier alpha value is -1.13. The summed E-state index contributed by atoms with van der Waals surface area (Å²) in [5, 5.41) is 3.15. The Labute approximate surface area is 117 Å². The van der Waals surface area contributed by atoms with Crippen LogP contribution < -0.4 is 5.32 Å². The molecule has 1 N–H and O–H groups in total. The standard InChI is InChI=1S/C14H18ClFN2O/c1-17-9-11-4-2-3-7-18(11)14(19)10-5-6-12(15)13(16)8-10/h5-6,8,11,17H,2-4,7,9H2,1H3. The molecule has 1 aliphatic rings. The van der Waals surface area contributed by atoms with Gasteiger partial charge in [-0.1, -0.05) is 11.6 Å². The molecular formula is C14H18ClFN2O. The second kappa shape index (κ2) is 6.35. The molecule has 0 spiro atoms. The monoisotopic (exact) mass is 284 g/mol. The van der Waals surface area contributed by atoms with E-state index in [0.29, 0.717) is 5.56 Å². The van der Waals surface area contributed by atoms with Crippen molar-refractivity contribution < 1.29 is 9.18 Å². The number of likely N-dealkylation sites (tertiary alicyclic amines) is 1. The van der Waals surface area contributed by atoms with E-state index in [-0.39, 0.29) is 17.0 Å². The van der Waals surface area contributed by atoms with Crippen LogP contribution in [-0.2, 0) is 0 Å². The maximum absolute atomic E-state index is 13.4. The third-order valence-electron chi connectivity index (χ3n) is 3.49. The van der Waals surface area contributed by atoms with Crippen LogP contribution in [0.2, 0.25) is 5.02 Å². The van der Waals surface area contributed by atoms with Crippen molar-refractivity contribution in [2.24, 2.45) is 0 Å². The average Bonchev–Trinajstić information content (AvgIpc) is 2.42. The Bertz CT molecular complexity index is 465. The van der Waals surface area contributed by atoms with Gasteiger partial charge in [-0.15, -0.1) is 0 Å². The number of amides is 1. The minimum atomic E-state index is -0.547. The highest BCUT2D eigenvalue weighted by Crippen LogP contribution is 2.21. The van der Waals surface area contributed by atoms with Gasteiger partial charge in [0.1, 0.15) is 5.82 Å². The zero-order valence-electron chi connectivity index (χ0n) is 11.0. The van der Waals surface area contributed by atoms with Gasteiger partial charge in [0.25, 0.3) is 5.91 Å². The molecule has 1 saturated heterocycles. The van der Waals surface area contributed by atoms with E-state index in [1.54, 1.807) is 6.07 Å². The number of nitrogens with one attached hydrogen (secondary N) is 1. The van der Waals surface area contributed by atoms with Crippen LogP contribution >= 0.6 is 11.6 Å². The van der Waals surface area contributed by atoms with E-state index < -0.39 is 5.82 Å². The predicted molar refractivity (Wildman–Crippen MR) is 74.0 cm³/mol. The topological polar surface area (TPSA) is 32.3 Å². The minimum Gasteiger partial charge on any atom is -0.334 e. The third-order valence-corrected chi connectivity index (χ3v) is 3.80. The van der Waals surface area contributed by atoms with E-state index in [1.807, 2.05) is 11.9 Å². The third kappa shape index (κ3) is 3.25. The van der Waals surface area contributed by atoms with Crippen molar-refractivity contribution in [1.29, 1.82) is 0 Å². The fourth-order valence-electron chi connectivity index (χ4n) is 2.51. The van der Waals surface area contributed by atoms with Crippen LogP contribution in [0.25, 0.3) is 0 Å². The van der Waals surface area contributed by atoms with Crippen LogP contribution in [0.1, 0.15) is 29.6 Å². The molecule has 0 bridgehead atoms. The van der Waals surface area contributed by atoms with Gasteiger partial charge in [-0.2, -0.15) is 0 Å². The summed E-state index contributed by atoms with van der Waals surface area (Å²) in [6, 6.07) is 4.42. The molecule has 1 fully saturated rings. The normalized spacial score (nSPS) is 19.5. The van der Waals surface area contributed by atoms with Crippen LogP contribution in [0.5, 0.6) is 0 Å². The number of hydrogen-bond acceptors (Lipinski definition) is 2. The van der Waals surface area contributed by atoms with E-state index >= 15 is 0 Å². The molecule has 104 valence electrons. The van der Waals surface area contributed by atoms with Crippen molar-refractivity contribution in [2.75, 3.05) is 20.1 Å². The summed E-state index contributed by atoms with van der Waals surface area (Å²) in [4.78, 5) is 14.3. The maximum Gasteiger partial charge on any atom is 0.254 e. The van der Waals surface area contributed by atoms with Gasteiger partial charge in [0.2, 0.25) is 0 Å². The number of benzene rings is 1. The van der Waals surface area contributed by atoms with Gasteiger partial charge in [-0.25, -0.2) is 4.39 Å². The Morgan fingerprint density at radius 2 is 2.32 bits per heavy atom. The fourth-order valence-corrected chi connectivity index (χ4v) is 2.63. The first kappa shape index (κ1) is 14.3. The minimum absolute atomic E-state index is 0.0435. The summed E-state index contributed by atoms with van der Waals surface area (Å²) in [6.45, 7) is 1.50. The maximum atomic E-state index is 13.4. The molecule has 1 aromatic carbocycles. The van der Waals surface area contributed by atoms with Gasteiger partial charge >= 0.3 is 0 Å². The molecule has 2 rings (SSSR count). The molecule has 1 aromatic rings. The van der Waals surface area contributed by atoms with E-state index in [4.69, 9.17) is 11.6 Å². The molecule has 1 unspecified atom stereocenters. The molecule has 0 aromatic heterocycles. The lowest BCUT2D eigenvalue weighted by atomic mass is 10.0. The highest BCUT2D eigenvalue weighted by Gasteiger charge is 2.27. The molecule has 19 heavy (non-hydrogen) atoms. The zero-order chi connectivity index (χ0) is 13.8. The fraction of sp³-hybridized carbons (Fsp3) is 0.500. The lowest BCUT2D eigenvalue weighted by Gasteiger charge is -2.35. The van der Waals surface area contributed by atoms with E-state index in [1.165, 1.54) is 12.1 Å². The summed E-state index contributed by atoms with van der Waals surface area (Å²) in [5.41, 5.74) is 0.366. The number of hydrogen-bond donors (Lipinski definition) is 1. The van der Waals surface area contributed by atoms with E-state index in [0.717, 1.165) is 32.4 Å². The molecule has 1 amide bonds. The molecule has 5 heteroatoms. The smallest absolute Gasteiger partial charge is 0.254 e. The zero-order valence-corrected chi connectivity index (χ0v) is 11.7. The van der Waals surface area contributed by atoms with E-state index in [2.05, 4.69) is 5.32 Å². The van der Waals surface area contributed by atoms with Gasteiger partial charge in [-0.3, -0.25) is 4.79 Å². The summed E-state index contributed by atoms with van der Waals surface area (Å²) < 4.78 is 13.4. The number of piperidine rings is 1. The lowest BCUT2D eigenvalue weighted by Crippen LogP contribution is -2.48. The molecule has 0 radical (unpaired) electrons. The summed E-state index contributed by atoms with van der Waals surface area (Å²) in [7, 11) is 1.87. The Balaban J connectivity index is 2.18. The summed E-state index contributed by atoms with van der Waals surface area (Å²) >= 11 is 5.64. The average molecular weight is 285 g/mol. The summed E-state index contributed by atoms with van der Waals surface area (Å²) in [6.07, 6.45) is 3.12. The van der Waals surface area contributed by atoms with Gasteiger partial charge in [-0.05, 0) is 44.5 Å². The van der Waals surface area contributed by atoms with Crippen molar-refractivity contribution in [3.05, 3.63) is 34.6 Å². The predicted octanol–water partition coefficient (Wildman–Crippen LogP) is 2.69. The number of carbonyl (C=O) groups is 1. The number of likely N-dealkylation sites (N-methyl/N-ethyl adjacent to an activating group) is 1. The first-order valence-electron chi connectivity index (χ1n) is 6.54. The van der Waals surface area contributed by atoms with Gasteiger partial charge in [0.15, 0.2) is 0 Å². The molecule has 1 atom stereocenters. The molecule has 1 heterocycles. The quantitative estimate of drug-likeness (QED) is 0.926. The van der Waals surface area contributed by atoms with E-state index in [9.17, 15) is 9.18 Å². The Morgan fingerprint density at radius 1 is 1.53 bits per heavy atom. The molecule has 0 saturated carbocycles. The largest absolute Gasteiger partial charge is 0.334 e. The number of halogens is 2. The molecule has 3 nitrogen and oxygen atoms in total. The highest BCUT2D eigenvalue weighted by atomic mass is 35.5. The van der Waals surface area contributed by atoms with Crippen LogP contribution in [-0.4, -0.2) is 37.0 Å². The first-order chi connectivity index (χ1) is 9.13. The van der Waals surface area contributed by atoms with Crippen LogP contribution in [0.4, 0.5) is 4.39 Å². The second-order valence-electron chi connectivity index (χ2n) is 4.83. The molecule has 0 aliphatic carbocycles. The summed E-state index contributed by atoms with van der Waals surface area (Å²) in [5.74, 6) is -0.662. The van der Waals surface area contributed by atoms with Crippen molar-refractivity contribution >= 4 is 17.5 Å². The number of nitrogens with zero attached hydrogens (tertiary/aromatic N) is 1. The van der Waals surface area contributed by atoms with Crippen LogP contribution in [0, 0.1) is 5.82 Å². The van der Waals surface area contributed by atoms with Crippen molar-refractivity contribution in [1.82, 2.24) is 10.2 Å². The second-order valence-corrected chi connectivity index (χ2v) is 5.24. The molecular weight excluding hydrogens is 267 g/mol. The number of carbonyl (C=O) groups excluding carboxylic acids is 1. The van der Waals surface area contributed by atoms with Crippen molar-refractivity contribution in [2.45, 2.75) is 25.3 Å². The first-order valence-corrected chi connectivity index (χ1v) is 6.92. The Kier molecular flexibility index (Phi) is 4.77. The van der Waals surface area contributed by atoms with Crippen LogP contribution in [0.15, 0.2) is 18.2 Å². The van der Waals surface area contributed by atoms with Crippen LogP contribution in [0.3, 0.4) is 0 Å². The highest BCUT2D eigenvalue weighted by molar-refractivity contribution is 6.30. The Morgan fingerprint density at radius 3 is 3.00 bits per heavy atom. The number of rotatable bonds is 3. The van der Waals surface area contributed by atoms with Gasteiger partial charge in [0.05, 0.1) is 5.02 Å². The van der Waals surface area contributed by atoms with Gasteiger partial charge < -0.3 is 10.2 Å². The van der Waals surface area contributed by atoms with Crippen molar-refractivity contribution in [3.8, 4) is 0 Å². The molecule has 1 aliphatic heterocycles. The van der Waals surface area contributed by atoms with Crippen molar-refractivity contribution in [3.63, 3.8) is 0 Å². The lowest BCUT2D eigenvalue weighted by molar-refractivity contribution is 0.0614.